The fraction of sp³-hybridized carbons (Fsp3) is 0.250. The molecule has 2 aromatic carbocycles. The van der Waals surface area contributed by atoms with Gasteiger partial charge < -0.3 is 20.3 Å². The van der Waals surface area contributed by atoms with E-state index in [0.29, 0.717) is 48.2 Å². The van der Waals surface area contributed by atoms with Crippen molar-refractivity contribution in [1.82, 2.24) is 9.29 Å². The van der Waals surface area contributed by atoms with E-state index in [9.17, 15) is 13.2 Å². The molecule has 2 N–H and O–H groups in total. The second kappa shape index (κ2) is 10.1. The molecule has 1 fully saturated rings. The zero-order valence-corrected chi connectivity index (χ0v) is 19.9. The summed E-state index contributed by atoms with van der Waals surface area (Å²) in [5.74, 6) is 1.38. The second-order valence-electron chi connectivity index (χ2n) is 7.92. The van der Waals surface area contributed by atoms with Crippen LogP contribution in [0.5, 0.6) is 5.75 Å². The molecule has 1 aliphatic rings. The summed E-state index contributed by atoms with van der Waals surface area (Å²) < 4.78 is 32.5. The maximum absolute atomic E-state index is 12.9. The number of nitrogens with zero attached hydrogens (tertiary/aromatic N) is 3. The number of benzene rings is 2. The molecule has 0 atom stereocenters. The van der Waals surface area contributed by atoms with Gasteiger partial charge in [-0.3, -0.25) is 0 Å². The van der Waals surface area contributed by atoms with Crippen LogP contribution in [0, 0.1) is 6.92 Å². The van der Waals surface area contributed by atoms with Crippen molar-refractivity contribution in [2.75, 3.05) is 48.8 Å². The average molecular weight is 482 g/mol. The van der Waals surface area contributed by atoms with Gasteiger partial charge in [-0.25, -0.2) is 18.2 Å². The molecular formula is C24H27N5O4S. The summed E-state index contributed by atoms with van der Waals surface area (Å²) in [6.45, 7) is 3.74. The smallest absolute Gasteiger partial charge is 0.323 e. The second-order valence-corrected chi connectivity index (χ2v) is 9.86. The van der Waals surface area contributed by atoms with Crippen molar-refractivity contribution in [3.63, 3.8) is 0 Å². The maximum Gasteiger partial charge on any atom is 0.323 e. The first-order valence-corrected chi connectivity index (χ1v) is 12.3. The standard InChI is InChI=1S/C24H27N5O4S/c1-18-6-9-22(10-7-18)34(31,32)29-14-12-28(13-15-29)23-11-8-20(17-25-23)27-24(30)26-19-4-3-5-21(16-19)33-2/h3-11,16-17H,12-15H2,1-2H3,(H2,26,27,30). The van der Waals surface area contributed by atoms with E-state index >= 15 is 0 Å². The molecule has 178 valence electrons. The lowest BCUT2D eigenvalue weighted by atomic mass is 10.2. The van der Waals surface area contributed by atoms with E-state index in [1.54, 1.807) is 67.9 Å². The monoisotopic (exact) mass is 481 g/mol. The molecule has 10 heteroatoms. The molecule has 1 saturated heterocycles. The van der Waals surface area contributed by atoms with E-state index < -0.39 is 16.1 Å². The van der Waals surface area contributed by atoms with Crippen molar-refractivity contribution in [3.8, 4) is 5.75 Å². The third kappa shape index (κ3) is 5.46. The fourth-order valence-electron chi connectivity index (χ4n) is 3.66. The Labute approximate surface area is 199 Å². The Kier molecular flexibility index (Phi) is 6.99. The SMILES string of the molecule is COc1cccc(NC(=O)Nc2ccc(N3CCN(S(=O)(=O)c4ccc(C)cc4)CC3)nc2)c1. The van der Waals surface area contributed by atoms with Crippen LogP contribution in [-0.2, 0) is 10.0 Å². The van der Waals surface area contributed by atoms with Crippen molar-refractivity contribution in [2.45, 2.75) is 11.8 Å². The van der Waals surface area contributed by atoms with E-state index in [2.05, 4.69) is 15.6 Å². The summed E-state index contributed by atoms with van der Waals surface area (Å²) >= 11 is 0. The van der Waals surface area contributed by atoms with Gasteiger partial charge in [0.2, 0.25) is 10.0 Å². The van der Waals surface area contributed by atoms with Crippen molar-refractivity contribution in [2.24, 2.45) is 0 Å². The van der Waals surface area contributed by atoms with Crippen LogP contribution in [0.25, 0.3) is 0 Å². The molecule has 0 aliphatic carbocycles. The van der Waals surface area contributed by atoms with Gasteiger partial charge in [-0.2, -0.15) is 4.31 Å². The summed E-state index contributed by atoms with van der Waals surface area (Å²) in [6.07, 6.45) is 1.58. The predicted molar refractivity (Wildman–Crippen MR) is 132 cm³/mol. The number of ether oxygens (including phenoxy) is 1. The topological polar surface area (TPSA) is 104 Å². The Morgan fingerprint density at radius 3 is 2.29 bits per heavy atom. The highest BCUT2D eigenvalue weighted by Crippen LogP contribution is 2.22. The van der Waals surface area contributed by atoms with E-state index in [1.807, 2.05) is 17.9 Å². The number of hydrogen-bond acceptors (Lipinski definition) is 6. The molecule has 3 aromatic rings. The highest BCUT2D eigenvalue weighted by Gasteiger charge is 2.28. The fourth-order valence-corrected chi connectivity index (χ4v) is 5.08. The molecule has 1 aliphatic heterocycles. The molecule has 2 heterocycles. The minimum atomic E-state index is -3.51. The highest BCUT2D eigenvalue weighted by atomic mass is 32.2. The number of amides is 2. The summed E-state index contributed by atoms with van der Waals surface area (Å²) in [5.41, 5.74) is 2.18. The van der Waals surface area contributed by atoms with Crippen LogP contribution in [0.3, 0.4) is 0 Å². The van der Waals surface area contributed by atoms with E-state index in [-0.39, 0.29) is 0 Å². The predicted octanol–water partition coefficient (Wildman–Crippen LogP) is 3.55. The normalized spacial score (nSPS) is 14.5. The van der Waals surface area contributed by atoms with Crippen LogP contribution in [-0.4, -0.2) is 57.0 Å². The van der Waals surface area contributed by atoms with Gasteiger partial charge in [-0.1, -0.05) is 23.8 Å². The first-order valence-electron chi connectivity index (χ1n) is 10.8. The third-order valence-corrected chi connectivity index (χ3v) is 7.47. The van der Waals surface area contributed by atoms with E-state index in [1.165, 1.54) is 4.31 Å². The molecule has 9 nitrogen and oxygen atoms in total. The highest BCUT2D eigenvalue weighted by molar-refractivity contribution is 7.89. The number of carbonyl (C=O) groups excluding carboxylic acids is 1. The van der Waals surface area contributed by atoms with Gasteiger partial charge >= 0.3 is 6.03 Å². The number of nitrogens with one attached hydrogen (secondary N) is 2. The third-order valence-electron chi connectivity index (χ3n) is 5.55. The lowest BCUT2D eigenvalue weighted by molar-refractivity contribution is 0.262. The number of carbonyl (C=O) groups is 1. The number of urea groups is 1. The Morgan fingerprint density at radius 1 is 0.941 bits per heavy atom. The first kappa shape index (κ1) is 23.5. The summed E-state index contributed by atoms with van der Waals surface area (Å²) in [7, 11) is -1.95. The van der Waals surface area contributed by atoms with Gasteiger partial charge in [0.1, 0.15) is 11.6 Å². The molecule has 0 radical (unpaired) electrons. The number of rotatable bonds is 6. The molecular weight excluding hydrogens is 454 g/mol. The maximum atomic E-state index is 12.9. The molecule has 34 heavy (non-hydrogen) atoms. The zero-order chi connectivity index (χ0) is 24.1. The van der Waals surface area contributed by atoms with E-state index in [4.69, 9.17) is 4.74 Å². The number of hydrogen-bond donors (Lipinski definition) is 2. The van der Waals surface area contributed by atoms with Crippen LogP contribution in [0.2, 0.25) is 0 Å². The lowest BCUT2D eigenvalue weighted by Crippen LogP contribution is -2.48. The van der Waals surface area contributed by atoms with Crippen LogP contribution in [0.15, 0.2) is 71.8 Å². The molecule has 0 unspecified atom stereocenters. The van der Waals surface area contributed by atoms with Gasteiger partial charge in [0, 0.05) is 37.9 Å². The molecule has 1 aromatic heterocycles. The first-order chi connectivity index (χ1) is 16.3. The van der Waals surface area contributed by atoms with Crippen molar-refractivity contribution in [1.29, 1.82) is 0 Å². The number of anilines is 3. The van der Waals surface area contributed by atoms with Crippen LogP contribution in [0.4, 0.5) is 22.0 Å². The van der Waals surface area contributed by atoms with Crippen molar-refractivity contribution < 1.29 is 17.9 Å². The van der Waals surface area contributed by atoms with Crippen LogP contribution in [0.1, 0.15) is 5.56 Å². The van der Waals surface area contributed by atoms with Crippen molar-refractivity contribution in [3.05, 3.63) is 72.4 Å². The van der Waals surface area contributed by atoms with E-state index in [0.717, 1.165) is 11.4 Å². The van der Waals surface area contributed by atoms with Crippen LogP contribution >= 0.6 is 0 Å². The summed E-state index contributed by atoms with van der Waals surface area (Å²) in [4.78, 5) is 19.1. The molecule has 2 amide bonds. The van der Waals surface area contributed by atoms with Gasteiger partial charge in [0.15, 0.2) is 0 Å². The van der Waals surface area contributed by atoms with Gasteiger partial charge in [-0.05, 0) is 43.3 Å². The minimum absolute atomic E-state index is 0.312. The summed E-state index contributed by atoms with van der Waals surface area (Å²) in [6, 6.07) is 17.2. The van der Waals surface area contributed by atoms with Crippen LogP contribution < -0.4 is 20.3 Å². The Morgan fingerprint density at radius 2 is 1.65 bits per heavy atom. The van der Waals surface area contributed by atoms with Gasteiger partial charge in [0.05, 0.1) is 23.9 Å². The largest absolute Gasteiger partial charge is 0.497 e. The minimum Gasteiger partial charge on any atom is -0.497 e. The summed E-state index contributed by atoms with van der Waals surface area (Å²) in [5, 5.41) is 5.50. The molecule has 0 bridgehead atoms. The number of piperazine rings is 1. The number of methoxy groups -OCH3 is 1. The molecule has 0 spiro atoms. The number of aryl methyl sites for hydroxylation is 1. The average Bonchev–Trinajstić information content (AvgIpc) is 2.85. The molecule has 4 rings (SSSR count). The Hall–Kier alpha value is -3.63. The van der Waals surface area contributed by atoms with Crippen molar-refractivity contribution >= 4 is 33.2 Å². The Balaban J connectivity index is 1.32. The zero-order valence-electron chi connectivity index (χ0n) is 19.1. The van der Waals surface area contributed by atoms with Gasteiger partial charge in [0.25, 0.3) is 0 Å². The lowest BCUT2D eigenvalue weighted by Gasteiger charge is -2.34. The Bertz CT molecular complexity index is 1240. The quantitative estimate of drug-likeness (QED) is 0.558. The molecule has 0 saturated carbocycles. The number of sulfonamides is 1. The number of pyridine rings is 1. The number of aromatic nitrogens is 1. The van der Waals surface area contributed by atoms with Gasteiger partial charge in [-0.15, -0.1) is 0 Å².